The molecule has 2 aliphatic rings. The average molecular weight is 422 g/mol. The van der Waals surface area contributed by atoms with Crippen LogP contribution in [-0.2, 0) is 0 Å². The maximum absolute atomic E-state index is 13.0. The Labute approximate surface area is 181 Å². The highest BCUT2D eigenvalue weighted by molar-refractivity contribution is 6.34. The average Bonchev–Trinajstić information content (AvgIpc) is 2.78. The highest BCUT2D eigenvalue weighted by Gasteiger charge is 2.33. The van der Waals surface area contributed by atoms with Gasteiger partial charge in [0.05, 0.1) is 22.2 Å². The van der Waals surface area contributed by atoms with E-state index in [1.54, 1.807) is 42.5 Å². The molecule has 0 spiro atoms. The summed E-state index contributed by atoms with van der Waals surface area (Å²) in [6.45, 7) is 1.60. The number of rotatable bonds is 3. The van der Waals surface area contributed by atoms with Gasteiger partial charge in [-0.05, 0) is 67.1 Å². The van der Waals surface area contributed by atoms with Crippen LogP contribution in [0, 0.1) is 23.2 Å². The van der Waals surface area contributed by atoms with Gasteiger partial charge in [0.15, 0.2) is 0 Å². The molecule has 6 heteroatoms. The second-order valence-corrected chi connectivity index (χ2v) is 8.59. The molecule has 1 saturated carbocycles. The molecule has 2 aromatic rings. The van der Waals surface area contributed by atoms with E-state index in [0.717, 1.165) is 25.4 Å². The van der Waals surface area contributed by atoms with E-state index < -0.39 is 0 Å². The van der Waals surface area contributed by atoms with Gasteiger partial charge in [-0.15, -0.1) is 0 Å². The molecule has 2 atom stereocenters. The van der Waals surface area contributed by atoms with Crippen molar-refractivity contribution in [2.24, 2.45) is 11.8 Å². The molecule has 0 radical (unpaired) electrons. The molecule has 0 unspecified atom stereocenters. The molecule has 30 heavy (non-hydrogen) atoms. The number of benzene rings is 2. The molecule has 1 N–H and O–H groups in total. The predicted molar refractivity (Wildman–Crippen MR) is 117 cm³/mol. The van der Waals surface area contributed by atoms with Crippen LogP contribution < -0.4 is 5.32 Å². The fourth-order valence-electron chi connectivity index (χ4n) is 4.62. The van der Waals surface area contributed by atoms with Gasteiger partial charge >= 0.3 is 0 Å². The van der Waals surface area contributed by atoms with Crippen molar-refractivity contribution in [3.8, 4) is 6.07 Å². The summed E-state index contributed by atoms with van der Waals surface area (Å²) >= 11 is 6.42. The number of piperidine rings is 1. The van der Waals surface area contributed by atoms with E-state index in [1.807, 2.05) is 11.0 Å². The molecule has 1 heterocycles. The first-order chi connectivity index (χ1) is 14.5. The predicted octanol–water partition coefficient (Wildman–Crippen LogP) is 5.12. The second-order valence-electron chi connectivity index (χ2n) is 8.18. The summed E-state index contributed by atoms with van der Waals surface area (Å²) in [6.07, 6.45) is 6.16. The largest absolute Gasteiger partial charge is 0.338 e. The van der Waals surface area contributed by atoms with Crippen LogP contribution in [0.4, 0.5) is 5.69 Å². The molecule has 0 aromatic heterocycles. The van der Waals surface area contributed by atoms with Gasteiger partial charge in [0.1, 0.15) is 0 Å². The molecule has 1 aliphatic heterocycles. The van der Waals surface area contributed by atoms with Crippen molar-refractivity contribution in [1.82, 2.24) is 4.90 Å². The molecule has 5 nitrogen and oxygen atoms in total. The SMILES string of the molecule is N#Cc1ccc(C(=O)Nc2ccc(C(=O)N3CC[C@H]4CCCC[C@H]4C3)c(Cl)c2)cc1. The normalized spacial score (nSPS) is 20.7. The molecular weight excluding hydrogens is 398 g/mol. The van der Waals surface area contributed by atoms with Gasteiger partial charge in [-0.25, -0.2) is 0 Å². The quantitative estimate of drug-likeness (QED) is 0.747. The summed E-state index contributed by atoms with van der Waals surface area (Å²) in [6, 6.07) is 13.4. The smallest absolute Gasteiger partial charge is 0.255 e. The van der Waals surface area contributed by atoms with Gasteiger partial charge < -0.3 is 10.2 Å². The van der Waals surface area contributed by atoms with Crippen molar-refractivity contribution in [3.63, 3.8) is 0 Å². The third kappa shape index (κ3) is 4.34. The Morgan fingerprint density at radius 2 is 1.77 bits per heavy atom. The van der Waals surface area contributed by atoms with Gasteiger partial charge in [0.2, 0.25) is 0 Å². The number of nitriles is 1. The lowest BCUT2D eigenvalue weighted by molar-refractivity contribution is 0.0521. The van der Waals surface area contributed by atoms with E-state index >= 15 is 0 Å². The van der Waals surface area contributed by atoms with Crippen LogP contribution in [-0.4, -0.2) is 29.8 Å². The number of hydrogen-bond donors (Lipinski definition) is 1. The molecule has 1 aliphatic carbocycles. The molecule has 2 amide bonds. The monoisotopic (exact) mass is 421 g/mol. The molecule has 154 valence electrons. The maximum atomic E-state index is 13.0. The number of carbonyl (C=O) groups is 2. The molecule has 0 bridgehead atoms. The van der Waals surface area contributed by atoms with Crippen LogP contribution in [0.25, 0.3) is 0 Å². The summed E-state index contributed by atoms with van der Waals surface area (Å²) in [5, 5.41) is 12.0. The lowest BCUT2D eigenvalue weighted by atomic mass is 9.75. The van der Waals surface area contributed by atoms with Crippen molar-refractivity contribution in [2.75, 3.05) is 18.4 Å². The Bertz CT molecular complexity index is 997. The van der Waals surface area contributed by atoms with Crippen LogP contribution in [0.5, 0.6) is 0 Å². The number of likely N-dealkylation sites (tertiary alicyclic amines) is 1. The van der Waals surface area contributed by atoms with Gasteiger partial charge in [-0.3, -0.25) is 9.59 Å². The topological polar surface area (TPSA) is 73.2 Å². The van der Waals surface area contributed by atoms with Gasteiger partial charge in [0.25, 0.3) is 11.8 Å². The van der Waals surface area contributed by atoms with Crippen molar-refractivity contribution >= 4 is 29.1 Å². The Morgan fingerprint density at radius 1 is 1.03 bits per heavy atom. The third-order valence-corrected chi connectivity index (χ3v) is 6.62. The Hall–Kier alpha value is -2.84. The fourth-order valence-corrected chi connectivity index (χ4v) is 4.88. The number of carbonyl (C=O) groups excluding carboxylic acids is 2. The Balaban J connectivity index is 1.43. The van der Waals surface area contributed by atoms with Crippen LogP contribution in [0.1, 0.15) is 58.4 Å². The summed E-state index contributed by atoms with van der Waals surface area (Å²) in [5.41, 5.74) is 1.94. The summed E-state index contributed by atoms with van der Waals surface area (Å²) < 4.78 is 0. The summed E-state index contributed by atoms with van der Waals surface area (Å²) in [4.78, 5) is 27.4. The van der Waals surface area contributed by atoms with Gasteiger partial charge in [-0.1, -0.05) is 30.9 Å². The summed E-state index contributed by atoms with van der Waals surface area (Å²) in [5.74, 6) is 1.04. The van der Waals surface area contributed by atoms with Crippen LogP contribution in [0.15, 0.2) is 42.5 Å². The van der Waals surface area contributed by atoms with E-state index in [1.165, 1.54) is 25.7 Å². The first-order valence-electron chi connectivity index (χ1n) is 10.5. The van der Waals surface area contributed by atoms with Crippen LogP contribution in [0.2, 0.25) is 5.02 Å². The van der Waals surface area contributed by atoms with E-state index in [4.69, 9.17) is 16.9 Å². The van der Waals surface area contributed by atoms with Crippen molar-refractivity contribution < 1.29 is 9.59 Å². The summed E-state index contributed by atoms with van der Waals surface area (Å²) in [7, 11) is 0. The zero-order valence-corrected chi connectivity index (χ0v) is 17.5. The number of hydrogen-bond acceptors (Lipinski definition) is 3. The van der Waals surface area contributed by atoms with E-state index in [0.29, 0.717) is 33.3 Å². The maximum Gasteiger partial charge on any atom is 0.255 e. The van der Waals surface area contributed by atoms with E-state index in [9.17, 15) is 9.59 Å². The number of halogens is 1. The van der Waals surface area contributed by atoms with E-state index in [-0.39, 0.29) is 11.8 Å². The second kappa shape index (κ2) is 8.89. The van der Waals surface area contributed by atoms with E-state index in [2.05, 4.69) is 5.32 Å². The number of nitrogens with one attached hydrogen (secondary N) is 1. The molecule has 1 saturated heterocycles. The van der Waals surface area contributed by atoms with Crippen LogP contribution >= 0.6 is 11.6 Å². The number of amides is 2. The molecule has 4 rings (SSSR count). The minimum Gasteiger partial charge on any atom is -0.338 e. The Morgan fingerprint density at radius 3 is 2.47 bits per heavy atom. The van der Waals surface area contributed by atoms with Gasteiger partial charge in [-0.2, -0.15) is 5.26 Å². The number of nitrogens with zero attached hydrogens (tertiary/aromatic N) is 2. The standard InChI is InChI=1S/C24H24ClN3O2/c25-22-13-20(27-23(29)18-7-5-16(14-26)6-8-18)9-10-21(22)24(30)28-12-11-17-3-1-2-4-19(17)15-28/h5-10,13,17,19H,1-4,11-12,15H2,(H,27,29)/t17-,19+/m1/s1. The zero-order chi connectivity index (χ0) is 21.1. The molecular formula is C24H24ClN3O2. The number of fused-ring (bicyclic) bond motifs is 1. The first-order valence-corrected chi connectivity index (χ1v) is 10.8. The Kier molecular flexibility index (Phi) is 6.06. The fraction of sp³-hybridized carbons (Fsp3) is 0.375. The zero-order valence-electron chi connectivity index (χ0n) is 16.7. The molecule has 2 fully saturated rings. The van der Waals surface area contributed by atoms with Crippen molar-refractivity contribution in [3.05, 3.63) is 64.2 Å². The lowest BCUT2D eigenvalue weighted by Crippen LogP contribution is -2.44. The van der Waals surface area contributed by atoms with Gasteiger partial charge in [0, 0.05) is 24.3 Å². The minimum absolute atomic E-state index is 0.0333. The van der Waals surface area contributed by atoms with Crippen molar-refractivity contribution in [2.45, 2.75) is 32.1 Å². The lowest BCUT2D eigenvalue weighted by Gasteiger charge is -2.41. The highest BCUT2D eigenvalue weighted by Crippen LogP contribution is 2.36. The minimum atomic E-state index is -0.297. The number of anilines is 1. The van der Waals surface area contributed by atoms with Crippen molar-refractivity contribution in [1.29, 1.82) is 5.26 Å². The first kappa shape index (κ1) is 20.4. The highest BCUT2D eigenvalue weighted by atomic mass is 35.5. The van der Waals surface area contributed by atoms with Crippen LogP contribution in [0.3, 0.4) is 0 Å². The third-order valence-electron chi connectivity index (χ3n) is 6.31. The molecule has 2 aromatic carbocycles.